The average molecular weight is 367 g/mol. The van der Waals surface area contributed by atoms with E-state index < -0.39 is 0 Å². The summed E-state index contributed by atoms with van der Waals surface area (Å²) in [7, 11) is 1.67. The Morgan fingerprint density at radius 2 is 1.63 bits per heavy atom. The normalized spacial score (nSPS) is 14.8. The third kappa shape index (κ3) is 4.73. The molecule has 0 atom stereocenters. The van der Waals surface area contributed by atoms with Gasteiger partial charge in [-0.25, -0.2) is 4.79 Å². The Morgan fingerprint density at radius 1 is 1.00 bits per heavy atom. The maximum atomic E-state index is 12.6. The van der Waals surface area contributed by atoms with E-state index in [2.05, 4.69) is 48.3 Å². The van der Waals surface area contributed by atoms with Crippen molar-refractivity contribution in [1.29, 1.82) is 0 Å². The summed E-state index contributed by atoms with van der Waals surface area (Å²) in [6, 6.07) is 18.4. The molecule has 1 heterocycles. The van der Waals surface area contributed by atoms with E-state index in [0.717, 1.165) is 31.9 Å². The zero-order valence-electron chi connectivity index (χ0n) is 16.4. The molecule has 1 saturated heterocycles. The number of urea groups is 1. The lowest BCUT2D eigenvalue weighted by Gasteiger charge is -2.36. The molecule has 27 heavy (non-hydrogen) atoms. The molecule has 1 fully saturated rings. The summed E-state index contributed by atoms with van der Waals surface area (Å²) in [5, 5.41) is 3.11. The Bertz CT molecular complexity index is 736. The second-order valence-corrected chi connectivity index (χ2v) is 7.58. The van der Waals surface area contributed by atoms with Crippen molar-refractivity contribution in [3.8, 4) is 5.75 Å². The number of methoxy groups -OCH3 is 1. The van der Waals surface area contributed by atoms with Gasteiger partial charge >= 0.3 is 6.03 Å². The van der Waals surface area contributed by atoms with E-state index in [1.54, 1.807) is 7.11 Å². The highest BCUT2D eigenvalue weighted by Crippen LogP contribution is 2.22. The highest BCUT2D eigenvalue weighted by atomic mass is 16.5. The minimum Gasteiger partial charge on any atom is -0.497 e. The lowest BCUT2D eigenvalue weighted by Crippen LogP contribution is -2.53. The number of benzene rings is 2. The zero-order chi connectivity index (χ0) is 19.3. The van der Waals surface area contributed by atoms with Crippen molar-refractivity contribution in [3.63, 3.8) is 0 Å². The Labute approximate surface area is 161 Å². The maximum absolute atomic E-state index is 12.6. The van der Waals surface area contributed by atoms with Gasteiger partial charge in [0.25, 0.3) is 0 Å². The number of nitrogens with zero attached hydrogens (tertiary/aromatic N) is 2. The summed E-state index contributed by atoms with van der Waals surface area (Å²) in [6.07, 6.45) is 0. The van der Waals surface area contributed by atoms with Crippen LogP contribution in [0.1, 0.15) is 19.4 Å². The molecule has 0 saturated carbocycles. The summed E-state index contributed by atoms with van der Waals surface area (Å²) >= 11 is 0. The quantitative estimate of drug-likeness (QED) is 0.880. The second kappa shape index (κ2) is 8.33. The van der Waals surface area contributed by atoms with Crippen molar-refractivity contribution in [2.24, 2.45) is 0 Å². The van der Waals surface area contributed by atoms with Crippen molar-refractivity contribution < 1.29 is 9.53 Å². The van der Waals surface area contributed by atoms with Gasteiger partial charge < -0.3 is 19.9 Å². The molecule has 1 N–H and O–H groups in total. The van der Waals surface area contributed by atoms with Crippen LogP contribution in [0.4, 0.5) is 10.5 Å². The van der Waals surface area contributed by atoms with Crippen LogP contribution in [0.5, 0.6) is 5.75 Å². The van der Waals surface area contributed by atoms with E-state index in [-0.39, 0.29) is 11.4 Å². The lowest BCUT2D eigenvalue weighted by atomic mass is 9.85. The Morgan fingerprint density at radius 3 is 2.22 bits per heavy atom. The van der Waals surface area contributed by atoms with Gasteiger partial charge in [-0.3, -0.25) is 0 Å². The molecule has 5 heteroatoms. The van der Waals surface area contributed by atoms with Crippen LogP contribution in [0, 0.1) is 0 Å². The van der Waals surface area contributed by atoms with Crippen LogP contribution in [0.2, 0.25) is 0 Å². The van der Waals surface area contributed by atoms with E-state index in [1.165, 1.54) is 11.3 Å². The Balaban J connectivity index is 1.49. The first-order valence-electron chi connectivity index (χ1n) is 9.47. The first kappa shape index (κ1) is 19.1. The summed E-state index contributed by atoms with van der Waals surface area (Å²) in [6.45, 7) is 8.06. The van der Waals surface area contributed by atoms with Crippen molar-refractivity contribution in [1.82, 2.24) is 10.2 Å². The molecule has 144 valence electrons. The van der Waals surface area contributed by atoms with E-state index in [0.29, 0.717) is 6.54 Å². The van der Waals surface area contributed by atoms with Gasteiger partial charge in [0.1, 0.15) is 5.75 Å². The number of carbonyl (C=O) groups is 1. The minimum atomic E-state index is -0.0954. The molecule has 1 aliphatic heterocycles. The number of carbonyl (C=O) groups excluding carboxylic acids is 1. The zero-order valence-corrected chi connectivity index (χ0v) is 16.4. The number of ether oxygens (including phenoxy) is 1. The smallest absolute Gasteiger partial charge is 0.317 e. The number of amides is 2. The van der Waals surface area contributed by atoms with Gasteiger partial charge in [-0.15, -0.1) is 0 Å². The van der Waals surface area contributed by atoms with E-state index >= 15 is 0 Å². The first-order valence-corrected chi connectivity index (χ1v) is 9.47. The van der Waals surface area contributed by atoms with Gasteiger partial charge in [0.05, 0.1) is 7.11 Å². The summed E-state index contributed by atoms with van der Waals surface area (Å²) in [5.41, 5.74) is 2.30. The Kier molecular flexibility index (Phi) is 5.89. The van der Waals surface area contributed by atoms with Gasteiger partial charge in [0.2, 0.25) is 0 Å². The molecule has 0 unspecified atom stereocenters. The predicted molar refractivity (Wildman–Crippen MR) is 110 cm³/mol. The van der Waals surface area contributed by atoms with Crippen LogP contribution in [0.25, 0.3) is 0 Å². The van der Waals surface area contributed by atoms with Crippen LogP contribution < -0.4 is 15.0 Å². The monoisotopic (exact) mass is 367 g/mol. The third-order valence-corrected chi connectivity index (χ3v) is 5.24. The molecule has 5 nitrogen and oxygen atoms in total. The van der Waals surface area contributed by atoms with E-state index in [9.17, 15) is 4.79 Å². The molecule has 2 aromatic rings. The van der Waals surface area contributed by atoms with Gasteiger partial charge in [-0.2, -0.15) is 0 Å². The molecule has 0 radical (unpaired) electrons. The van der Waals surface area contributed by atoms with Crippen LogP contribution in [0.15, 0.2) is 54.6 Å². The minimum absolute atomic E-state index is 0.0217. The van der Waals surface area contributed by atoms with Crippen LogP contribution in [-0.4, -0.2) is 50.8 Å². The molecule has 0 bridgehead atoms. The number of hydrogen-bond acceptors (Lipinski definition) is 3. The first-order chi connectivity index (χ1) is 13.0. The van der Waals surface area contributed by atoms with Crippen molar-refractivity contribution in [2.75, 3.05) is 44.7 Å². The number of piperazine rings is 1. The fraction of sp³-hybridized carbons (Fsp3) is 0.409. The fourth-order valence-electron chi connectivity index (χ4n) is 3.36. The van der Waals surface area contributed by atoms with E-state index in [1.807, 2.05) is 35.2 Å². The molecule has 0 aromatic heterocycles. The van der Waals surface area contributed by atoms with Gasteiger partial charge in [-0.05, 0) is 29.8 Å². The summed E-state index contributed by atoms with van der Waals surface area (Å²) in [4.78, 5) is 16.8. The molecule has 2 aromatic carbocycles. The molecule has 1 aliphatic rings. The maximum Gasteiger partial charge on any atom is 0.317 e. The van der Waals surface area contributed by atoms with Crippen LogP contribution in [0.3, 0.4) is 0 Å². The van der Waals surface area contributed by atoms with Crippen molar-refractivity contribution in [3.05, 3.63) is 60.2 Å². The van der Waals surface area contributed by atoms with Crippen LogP contribution in [-0.2, 0) is 5.41 Å². The second-order valence-electron chi connectivity index (χ2n) is 7.58. The van der Waals surface area contributed by atoms with E-state index in [4.69, 9.17) is 4.74 Å². The third-order valence-electron chi connectivity index (χ3n) is 5.24. The largest absolute Gasteiger partial charge is 0.497 e. The highest BCUT2D eigenvalue weighted by Gasteiger charge is 2.25. The number of rotatable bonds is 5. The molecule has 2 amide bonds. The van der Waals surface area contributed by atoms with Crippen molar-refractivity contribution >= 4 is 11.7 Å². The molecular formula is C22H29N3O2. The summed E-state index contributed by atoms with van der Waals surface area (Å²) < 4.78 is 5.21. The molecule has 0 spiro atoms. The fourth-order valence-corrected chi connectivity index (χ4v) is 3.36. The van der Waals surface area contributed by atoms with Gasteiger partial charge in [-0.1, -0.05) is 44.2 Å². The molecular weight excluding hydrogens is 338 g/mol. The molecule has 3 rings (SSSR count). The number of anilines is 1. The summed E-state index contributed by atoms with van der Waals surface area (Å²) in [5.74, 6) is 0.859. The Hall–Kier alpha value is -2.69. The molecule has 0 aliphatic carbocycles. The van der Waals surface area contributed by atoms with Gasteiger partial charge in [0, 0.05) is 43.8 Å². The average Bonchev–Trinajstić information content (AvgIpc) is 2.73. The number of nitrogens with one attached hydrogen (secondary N) is 1. The van der Waals surface area contributed by atoms with Crippen LogP contribution >= 0.6 is 0 Å². The van der Waals surface area contributed by atoms with Crippen molar-refractivity contribution in [2.45, 2.75) is 19.3 Å². The topological polar surface area (TPSA) is 44.8 Å². The highest BCUT2D eigenvalue weighted by molar-refractivity contribution is 5.74. The predicted octanol–water partition coefficient (Wildman–Crippen LogP) is 3.50. The SMILES string of the molecule is COc1ccc(N2CCN(C(=O)NCC(C)(C)c3ccccc3)CC2)cc1. The van der Waals surface area contributed by atoms with Gasteiger partial charge in [0.15, 0.2) is 0 Å². The lowest BCUT2D eigenvalue weighted by molar-refractivity contribution is 0.192. The number of hydrogen-bond donors (Lipinski definition) is 1. The standard InChI is InChI=1S/C22H29N3O2/c1-22(2,18-7-5-4-6-8-18)17-23-21(26)25-15-13-24(14-16-25)19-9-11-20(27-3)12-10-19/h4-12H,13-17H2,1-3H3,(H,23,26).